The Morgan fingerprint density at radius 3 is 2.68 bits per heavy atom. The van der Waals surface area contributed by atoms with E-state index >= 15 is 0 Å². The van der Waals surface area contributed by atoms with Crippen LogP contribution in [0.3, 0.4) is 0 Å². The number of hydrogen-bond donors (Lipinski definition) is 2. The van der Waals surface area contributed by atoms with Gasteiger partial charge in [-0.1, -0.05) is 13.0 Å². The first-order valence-electron chi connectivity index (χ1n) is 5.70. The van der Waals surface area contributed by atoms with Gasteiger partial charge in [-0.25, -0.2) is 13.4 Å². The topological polar surface area (TPSA) is 98.0 Å². The van der Waals surface area contributed by atoms with Gasteiger partial charge in [0.25, 0.3) is 10.0 Å². The fourth-order valence-electron chi connectivity index (χ4n) is 1.61. The van der Waals surface area contributed by atoms with Gasteiger partial charge in [0.2, 0.25) is 0 Å². The molecule has 0 aliphatic carbocycles. The van der Waals surface area contributed by atoms with E-state index in [2.05, 4.69) is 14.7 Å². The fourth-order valence-corrected chi connectivity index (χ4v) is 2.64. The average molecular weight is 278 g/mol. The van der Waals surface area contributed by atoms with Crippen LogP contribution in [-0.4, -0.2) is 18.4 Å². The van der Waals surface area contributed by atoms with Crippen molar-refractivity contribution in [3.63, 3.8) is 0 Å². The second-order valence-corrected chi connectivity index (χ2v) is 5.59. The molecule has 1 heterocycles. The molecule has 0 amide bonds. The van der Waals surface area contributed by atoms with Crippen molar-refractivity contribution < 1.29 is 8.42 Å². The van der Waals surface area contributed by atoms with E-state index in [1.807, 2.05) is 6.92 Å². The molecule has 0 aliphatic heterocycles. The average Bonchev–Trinajstić information content (AvgIpc) is 2.39. The van der Waals surface area contributed by atoms with Gasteiger partial charge in [0.15, 0.2) is 5.82 Å². The summed E-state index contributed by atoms with van der Waals surface area (Å²) in [7, 11) is -3.69. The molecule has 7 heteroatoms. The summed E-state index contributed by atoms with van der Waals surface area (Å²) in [5.41, 5.74) is 7.18. The molecule has 0 saturated heterocycles. The van der Waals surface area contributed by atoms with Crippen LogP contribution in [0.5, 0.6) is 0 Å². The van der Waals surface area contributed by atoms with E-state index in [1.54, 1.807) is 6.07 Å². The van der Waals surface area contributed by atoms with Gasteiger partial charge in [0, 0.05) is 18.1 Å². The van der Waals surface area contributed by atoms with Crippen molar-refractivity contribution in [3.8, 4) is 0 Å². The molecule has 0 atom stereocenters. The molecular weight excluding hydrogens is 264 g/mol. The highest BCUT2D eigenvalue weighted by Gasteiger charge is 2.15. The molecule has 3 N–H and O–H groups in total. The molecule has 0 bridgehead atoms. The van der Waals surface area contributed by atoms with Crippen molar-refractivity contribution in [2.24, 2.45) is 0 Å². The molecule has 0 unspecified atom stereocenters. The van der Waals surface area contributed by atoms with Gasteiger partial charge in [-0.05, 0) is 24.1 Å². The zero-order valence-electron chi connectivity index (χ0n) is 10.4. The van der Waals surface area contributed by atoms with Crippen molar-refractivity contribution in [2.45, 2.75) is 18.2 Å². The molecular formula is C12H14N4O2S. The normalized spacial score (nSPS) is 11.2. The maximum Gasteiger partial charge on any atom is 0.263 e. The van der Waals surface area contributed by atoms with Crippen LogP contribution in [0.2, 0.25) is 0 Å². The number of anilines is 2. The van der Waals surface area contributed by atoms with Crippen molar-refractivity contribution in [2.75, 3.05) is 10.5 Å². The highest BCUT2D eigenvalue weighted by molar-refractivity contribution is 7.92. The Labute approximate surface area is 111 Å². The number of sulfonamides is 1. The highest BCUT2D eigenvalue weighted by atomic mass is 32.2. The minimum Gasteiger partial charge on any atom is -0.398 e. The highest BCUT2D eigenvalue weighted by Crippen LogP contribution is 2.20. The molecule has 0 aliphatic rings. The molecule has 100 valence electrons. The van der Waals surface area contributed by atoms with Crippen LogP contribution in [0.15, 0.2) is 41.7 Å². The Morgan fingerprint density at radius 2 is 2.11 bits per heavy atom. The molecule has 1 aromatic carbocycles. The smallest absolute Gasteiger partial charge is 0.263 e. The lowest BCUT2D eigenvalue weighted by Gasteiger charge is -2.09. The van der Waals surface area contributed by atoms with Crippen molar-refractivity contribution in [1.82, 2.24) is 9.97 Å². The quantitative estimate of drug-likeness (QED) is 0.824. The van der Waals surface area contributed by atoms with Crippen LogP contribution < -0.4 is 10.5 Å². The van der Waals surface area contributed by atoms with Gasteiger partial charge in [0.1, 0.15) is 0 Å². The van der Waals surface area contributed by atoms with E-state index < -0.39 is 10.0 Å². The van der Waals surface area contributed by atoms with Crippen LogP contribution in [0.25, 0.3) is 0 Å². The van der Waals surface area contributed by atoms with Crippen molar-refractivity contribution in [3.05, 3.63) is 42.4 Å². The molecule has 19 heavy (non-hydrogen) atoms. The SMILES string of the molecule is CCc1ccc(S(=O)(=O)Nc2cnccn2)cc1N. The van der Waals surface area contributed by atoms with Gasteiger partial charge in [0.05, 0.1) is 11.1 Å². The predicted molar refractivity (Wildman–Crippen MR) is 73.1 cm³/mol. The summed E-state index contributed by atoms with van der Waals surface area (Å²) in [4.78, 5) is 7.76. The Hall–Kier alpha value is -2.15. The van der Waals surface area contributed by atoms with E-state index in [1.165, 1.54) is 30.7 Å². The maximum atomic E-state index is 12.1. The number of benzene rings is 1. The van der Waals surface area contributed by atoms with E-state index in [4.69, 9.17) is 5.73 Å². The zero-order valence-corrected chi connectivity index (χ0v) is 11.2. The van der Waals surface area contributed by atoms with Crippen LogP contribution in [0.1, 0.15) is 12.5 Å². The number of nitrogens with two attached hydrogens (primary N) is 1. The second kappa shape index (κ2) is 5.23. The van der Waals surface area contributed by atoms with Crippen LogP contribution in [0, 0.1) is 0 Å². The minimum atomic E-state index is -3.69. The van der Waals surface area contributed by atoms with E-state index in [0.717, 1.165) is 12.0 Å². The monoisotopic (exact) mass is 278 g/mol. The number of nitrogens with one attached hydrogen (secondary N) is 1. The Morgan fingerprint density at radius 1 is 1.32 bits per heavy atom. The third kappa shape index (κ3) is 3.00. The number of aromatic nitrogens is 2. The molecule has 2 rings (SSSR count). The minimum absolute atomic E-state index is 0.104. The molecule has 0 spiro atoms. The van der Waals surface area contributed by atoms with Gasteiger partial charge in [-0.15, -0.1) is 0 Å². The number of nitrogens with zero attached hydrogens (tertiary/aromatic N) is 2. The largest absolute Gasteiger partial charge is 0.398 e. The van der Waals surface area contributed by atoms with Gasteiger partial charge in [-0.2, -0.15) is 0 Å². The number of hydrogen-bond acceptors (Lipinski definition) is 5. The third-order valence-corrected chi connectivity index (χ3v) is 3.96. The predicted octanol–water partition coefficient (Wildman–Crippen LogP) is 1.42. The van der Waals surface area contributed by atoms with Gasteiger partial charge < -0.3 is 5.73 Å². The van der Waals surface area contributed by atoms with Gasteiger partial charge in [-0.3, -0.25) is 9.71 Å². The summed E-state index contributed by atoms with van der Waals surface area (Å²) in [6, 6.07) is 4.67. The first-order chi connectivity index (χ1) is 9.03. The maximum absolute atomic E-state index is 12.1. The lowest BCUT2D eigenvalue weighted by molar-refractivity contribution is 0.601. The van der Waals surface area contributed by atoms with Crippen LogP contribution >= 0.6 is 0 Å². The summed E-state index contributed by atoms with van der Waals surface area (Å²) in [6.45, 7) is 1.96. The molecule has 1 aromatic heterocycles. The summed E-state index contributed by atoms with van der Waals surface area (Å²) in [6.07, 6.45) is 4.96. The standard InChI is InChI=1S/C12H14N4O2S/c1-2-9-3-4-10(7-11(9)13)19(17,18)16-12-8-14-5-6-15-12/h3-8H,2,13H2,1H3,(H,15,16). The van der Waals surface area contributed by atoms with E-state index in [-0.39, 0.29) is 10.7 Å². The Bertz CT molecular complexity index is 671. The summed E-state index contributed by atoms with van der Waals surface area (Å²) in [5.74, 6) is 0.167. The molecule has 6 nitrogen and oxygen atoms in total. The number of rotatable bonds is 4. The summed E-state index contributed by atoms with van der Waals surface area (Å²) < 4.78 is 26.6. The Balaban J connectivity index is 2.32. The molecule has 0 fully saturated rings. The number of aryl methyl sites for hydroxylation is 1. The summed E-state index contributed by atoms with van der Waals surface area (Å²) in [5, 5.41) is 0. The molecule has 2 aromatic rings. The second-order valence-electron chi connectivity index (χ2n) is 3.91. The lowest BCUT2D eigenvalue weighted by Crippen LogP contribution is -2.14. The van der Waals surface area contributed by atoms with Crippen molar-refractivity contribution >= 4 is 21.5 Å². The van der Waals surface area contributed by atoms with Gasteiger partial charge >= 0.3 is 0 Å². The lowest BCUT2D eigenvalue weighted by atomic mass is 10.1. The van der Waals surface area contributed by atoms with E-state index in [9.17, 15) is 8.42 Å². The molecule has 0 saturated carbocycles. The van der Waals surface area contributed by atoms with Crippen molar-refractivity contribution in [1.29, 1.82) is 0 Å². The molecule has 0 radical (unpaired) electrons. The summed E-state index contributed by atoms with van der Waals surface area (Å²) >= 11 is 0. The fraction of sp³-hybridized carbons (Fsp3) is 0.167. The van der Waals surface area contributed by atoms with Crippen LogP contribution in [-0.2, 0) is 16.4 Å². The van der Waals surface area contributed by atoms with Crippen LogP contribution in [0.4, 0.5) is 11.5 Å². The first kappa shape index (κ1) is 13.3. The first-order valence-corrected chi connectivity index (χ1v) is 7.18. The number of nitrogen functional groups attached to an aromatic ring is 1. The Kier molecular flexibility index (Phi) is 3.66. The third-order valence-electron chi connectivity index (χ3n) is 2.61. The zero-order chi connectivity index (χ0) is 13.9. The van der Waals surface area contributed by atoms with E-state index in [0.29, 0.717) is 5.69 Å².